The topological polar surface area (TPSA) is 50.4 Å². The van der Waals surface area contributed by atoms with Crippen molar-refractivity contribution < 1.29 is 9.53 Å². The van der Waals surface area contributed by atoms with Crippen LogP contribution in [0.2, 0.25) is 0 Å². The van der Waals surface area contributed by atoms with Crippen molar-refractivity contribution in [2.45, 2.75) is 72.4 Å². The Morgan fingerprint density at radius 3 is 2.03 bits per heavy atom. The maximum Gasteiger partial charge on any atom is 0.407 e. The monoisotopic (exact) mass is 410 g/mol. The summed E-state index contributed by atoms with van der Waals surface area (Å²) >= 11 is 0. The molecule has 0 fully saturated rings. The van der Waals surface area contributed by atoms with Gasteiger partial charge in [-0.3, -0.25) is 0 Å². The molecule has 2 rings (SSSR count). The zero-order valence-electron chi connectivity index (χ0n) is 19.4. The molecule has 1 atom stereocenters. The van der Waals surface area contributed by atoms with Gasteiger partial charge in [0.1, 0.15) is 5.60 Å². The number of hydrogen-bond donors (Lipinski definition) is 2. The van der Waals surface area contributed by atoms with Crippen molar-refractivity contribution in [1.29, 1.82) is 0 Å². The number of hydrogen-bond acceptors (Lipinski definition) is 3. The smallest absolute Gasteiger partial charge is 0.407 e. The van der Waals surface area contributed by atoms with E-state index in [0.29, 0.717) is 12.5 Å². The molecule has 2 aromatic carbocycles. The van der Waals surface area contributed by atoms with Gasteiger partial charge in [-0.05, 0) is 68.4 Å². The summed E-state index contributed by atoms with van der Waals surface area (Å²) in [4.78, 5) is 12.2. The zero-order chi connectivity index (χ0) is 22.1. The predicted molar refractivity (Wildman–Crippen MR) is 127 cm³/mol. The van der Waals surface area contributed by atoms with Gasteiger partial charge in [0.15, 0.2) is 0 Å². The Kier molecular flexibility index (Phi) is 8.76. The molecule has 0 unspecified atom stereocenters. The van der Waals surface area contributed by atoms with Gasteiger partial charge in [-0.25, -0.2) is 4.79 Å². The van der Waals surface area contributed by atoms with E-state index in [-0.39, 0.29) is 12.1 Å². The fourth-order valence-corrected chi connectivity index (χ4v) is 3.41. The molecule has 0 bridgehead atoms. The van der Waals surface area contributed by atoms with Crippen molar-refractivity contribution in [3.63, 3.8) is 0 Å². The van der Waals surface area contributed by atoms with Gasteiger partial charge in [0.25, 0.3) is 0 Å². The van der Waals surface area contributed by atoms with Crippen LogP contribution in [0, 0.1) is 5.92 Å². The fraction of sp³-hybridized carbons (Fsp3) is 0.500. The number of alkyl carbamates (subject to hydrolysis) is 1. The average Bonchev–Trinajstić information content (AvgIpc) is 2.65. The number of aryl methyl sites for hydroxylation is 1. The molecular formula is C26H38N2O2. The third kappa shape index (κ3) is 8.48. The lowest BCUT2D eigenvalue weighted by molar-refractivity contribution is 0.0502. The van der Waals surface area contributed by atoms with E-state index in [9.17, 15) is 4.79 Å². The standard InChI is InChI=1S/C26H38N2O2/c1-7-8-20-9-11-21(12-10-20)22-13-15-23(16-14-22)27-18-24(17-19(2)3)28-25(29)30-26(4,5)6/h9-16,19,24,27H,7-8,17-18H2,1-6H3,(H,28,29)/t24-/m1/s1. The number of rotatable bonds is 9. The van der Waals surface area contributed by atoms with E-state index < -0.39 is 5.60 Å². The van der Waals surface area contributed by atoms with Gasteiger partial charge in [-0.2, -0.15) is 0 Å². The SMILES string of the molecule is CCCc1ccc(-c2ccc(NC[C@@H](CC(C)C)NC(=O)OC(C)(C)C)cc2)cc1. The number of ether oxygens (including phenoxy) is 1. The van der Waals surface area contributed by atoms with Gasteiger partial charge < -0.3 is 15.4 Å². The number of carbonyl (C=O) groups excluding carboxylic acids is 1. The number of anilines is 1. The summed E-state index contributed by atoms with van der Waals surface area (Å²) in [5.74, 6) is 0.477. The highest BCUT2D eigenvalue weighted by molar-refractivity contribution is 5.68. The summed E-state index contributed by atoms with van der Waals surface area (Å²) in [7, 11) is 0. The highest BCUT2D eigenvalue weighted by Crippen LogP contribution is 2.22. The Bertz CT molecular complexity index is 774. The summed E-state index contributed by atoms with van der Waals surface area (Å²) in [5, 5.41) is 6.46. The number of benzene rings is 2. The number of nitrogens with one attached hydrogen (secondary N) is 2. The van der Waals surface area contributed by atoms with Crippen LogP contribution in [0.3, 0.4) is 0 Å². The summed E-state index contributed by atoms with van der Waals surface area (Å²) < 4.78 is 5.41. The first kappa shape index (κ1) is 23.8. The van der Waals surface area contributed by atoms with Crippen molar-refractivity contribution in [2.24, 2.45) is 5.92 Å². The highest BCUT2D eigenvalue weighted by atomic mass is 16.6. The van der Waals surface area contributed by atoms with Gasteiger partial charge in [0, 0.05) is 18.3 Å². The molecule has 0 heterocycles. The molecule has 0 radical (unpaired) electrons. The largest absolute Gasteiger partial charge is 0.444 e. The molecule has 164 valence electrons. The van der Waals surface area contributed by atoms with Crippen molar-refractivity contribution in [3.05, 3.63) is 54.1 Å². The van der Waals surface area contributed by atoms with Crippen molar-refractivity contribution in [2.75, 3.05) is 11.9 Å². The quantitative estimate of drug-likeness (QED) is 0.486. The normalized spacial score (nSPS) is 12.5. The molecule has 30 heavy (non-hydrogen) atoms. The van der Waals surface area contributed by atoms with Crippen LogP contribution in [-0.4, -0.2) is 24.3 Å². The highest BCUT2D eigenvalue weighted by Gasteiger charge is 2.20. The van der Waals surface area contributed by atoms with Crippen LogP contribution in [-0.2, 0) is 11.2 Å². The first-order chi connectivity index (χ1) is 14.2. The van der Waals surface area contributed by atoms with Crippen LogP contribution in [0.25, 0.3) is 11.1 Å². The van der Waals surface area contributed by atoms with Gasteiger partial charge in [0.2, 0.25) is 0 Å². The first-order valence-corrected chi connectivity index (χ1v) is 11.1. The van der Waals surface area contributed by atoms with Crippen LogP contribution < -0.4 is 10.6 Å². The van der Waals surface area contributed by atoms with Gasteiger partial charge in [-0.1, -0.05) is 63.6 Å². The molecule has 1 amide bonds. The minimum atomic E-state index is -0.496. The Morgan fingerprint density at radius 2 is 1.53 bits per heavy atom. The second-order valence-electron chi connectivity index (χ2n) is 9.38. The number of amides is 1. The third-order valence-corrected chi connectivity index (χ3v) is 4.74. The molecule has 4 heteroatoms. The van der Waals surface area contributed by atoms with E-state index in [1.165, 1.54) is 23.1 Å². The van der Waals surface area contributed by atoms with Gasteiger partial charge in [0.05, 0.1) is 0 Å². The molecule has 4 nitrogen and oxygen atoms in total. The van der Waals surface area contributed by atoms with Gasteiger partial charge >= 0.3 is 6.09 Å². The molecule has 0 spiro atoms. The predicted octanol–water partition coefficient (Wildman–Crippen LogP) is 6.66. The summed E-state index contributed by atoms with van der Waals surface area (Å²) in [6.07, 6.45) is 2.81. The van der Waals surface area contributed by atoms with Crippen LogP contribution in [0.1, 0.15) is 59.9 Å². The fourth-order valence-electron chi connectivity index (χ4n) is 3.41. The molecule has 0 aromatic heterocycles. The van der Waals surface area contributed by atoms with Crippen LogP contribution in [0.4, 0.5) is 10.5 Å². The van der Waals surface area contributed by atoms with Crippen LogP contribution >= 0.6 is 0 Å². The lowest BCUT2D eigenvalue weighted by Crippen LogP contribution is -2.43. The van der Waals surface area contributed by atoms with E-state index in [0.717, 1.165) is 18.5 Å². The molecule has 0 aliphatic carbocycles. The van der Waals surface area contributed by atoms with E-state index in [1.54, 1.807) is 0 Å². The summed E-state index contributed by atoms with van der Waals surface area (Å²) in [6.45, 7) is 12.8. The maximum absolute atomic E-state index is 12.2. The second-order valence-corrected chi connectivity index (χ2v) is 9.38. The third-order valence-electron chi connectivity index (χ3n) is 4.74. The van der Waals surface area contributed by atoms with Crippen LogP contribution in [0.5, 0.6) is 0 Å². The van der Waals surface area contributed by atoms with E-state index >= 15 is 0 Å². The summed E-state index contributed by atoms with van der Waals surface area (Å²) in [6, 6.07) is 17.3. The Hall–Kier alpha value is -2.49. The van der Waals surface area contributed by atoms with Crippen molar-refractivity contribution >= 4 is 11.8 Å². The van der Waals surface area contributed by atoms with E-state index in [4.69, 9.17) is 4.74 Å². The molecule has 0 saturated heterocycles. The van der Waals surface area contributed by atoms with E-state index in [2.05, 4.69) is 79.9 Å². The van der Waals surface area contributed by atoms with Gasteiger partial charge in [-0.15, -0.1) is 0 Å². The minimum Gasteiger partial charge on any atom is -0.444 e. The Balaban J connectivity index is 1.95. The Morgan fingerprint density at radius 1 is 0.967 bits per heavy atom. The second kappa shape index (κ2) is 11.1. The summed E-state index contributed by atoms with van der Waals surface area (Å²) in [5.41, 5.74) is 4.36. The number of carbonyl (C=O) groups is 1. The molecular weight excluding hydrogens is 372 g/mol. The zero-order valence-corrected chi connectivity index (χ0v) is 19.4. The molecule has 2 N–H and O–H groups in total. The van der Waals surface area contributed by atoms with Crippen LogP contribution in [0.15, 0.2) is 48.5 Å². The average molecular weight is 411 g/mol. The van der Waals surface area contributed by atoms with Crippen molar-refractivity contribution in [1.82, 2.24) is 5.32 Å². The Labute approximate surface area is 182 Å². The maximum atomic E-state index is 12.2. The molecule has 0 aliphatic rings. The lowest BCUT2D eigenvalue weighted by atomic mass is 10.0. The molecule has 0 saturated carbocycles. The van der Waals surface area contributed by atoms with Crippen molar-refractivity contribution in [3.8, 4) is 11.1 Å². The minimum absolute atomic E-state index is 0.00522. The molecule has 2 aromatic rings. The van der Waals surface area contributed by atoms with E-state index in [1.807, 2.05) is 20.8 Å². The lowest BCUT2D eigenvalue weighted by Gasteiger charge is -2.25. The molecule has 0 aliphatic heterocycles. The first-order valence-electron chi connectivity index (χ1n) is 11.1.